The van der Waals surface area contributed by atoms with Crippen LogP contribution in [0.2, 0.25) is 0 Å². The van der Waals surface area contributed by atoms with E-state index in [4.69, 9.17) is 16.2 Å². The van der Waals surface area contributed by atoms with Crippen LogP contribution >= 0.6 is 0 Å². The molecule has 0 rings (SSSR count). The van der Waals surface area contributed by atoms with Gasteiger partial charge in [-0.1, -0.05) is 6.58 Å². The minimum Gasteiger partial charge on any atom is -0.480 e. The van der Waals surface area contributed by atoms with E-state index in [1.165, 1.54) is 0 Å². The van der Waals surface area contributed by atoms with Crippen LogP contribution in [0.1, 0.15) is 12.8 Å². The van der Waals surface area contributed by atoms with Crippen molar-refractivity contribution in [2.75, 3.05) is 6.54 Å². The van der Waals surface area contributed by atoms with Crippen molar-refractivity contribution in [1.82, 2.24) is 10.6 Å². The molecule has 0 aliphatic heterocycles. The smallest absolute Gasteiger partial charge is 0.326 e. The van der Waals surface area contributed by atoms with E-state index in [1.807, 2.05) is 0 Å². The number of carboxylic acids is 1. The first-order valence-electron chi connectivity index (χ1n) is 4.71. The van der Waals surface area contributed by atoms with E-state index in [9.17, 15) is 9.59 Å². The van der Waals surface area contributed by atoms with Gasteiger partial charge in [0.05, 0.1) is 0 Å². The molecular formula is C9H16N4O3. The number of nitrogens with two attached hydrogens (primary N) is 1. The van der Waals surface area contributed by atoms with E-state index >= 15 is 0 Å². The summed E-state index contributed by atoms with van der Waals surface area (Å²) in [4.78, 5) is 21.6. The molecule has 0 heterocycles. The van der Waals surface area contributed by atoms with Crippen LogP contribution in [0.5, 0.6) is 0 Å². The maximum Gasteiger partial charge on any atom is 0.326 e. The van der Waals surface area contributed by atoms with Crippen LogP contribution in [0, 0.1) is 5.41 Å². The number of carbonyl (C=O) groups excluding carboxylic acids is 1. The maximum atomic E-state index is 10.9. The summed E-state index contributed by atoms with van der Waals surface area (Å²) >= 11 is 0. The van der Waals surface area contributed by atoms with Gasteiger partial charge in [0.25, 0.3) is 0 Å². The zero-order valence-corrected chi connectivity index (χ0v) is 8.82. The third-order valence-corrected chi connectivity index (χ3v) is 1.79. The third kappa shape index (κ3) is 6.41. The predicted molar refractivity (Wildman–Crippen MR) is 58.9 cm³/mol. The molecule has 0 aromatic carbocycles. The molecule has 7 heteroatoms. The highest BCUT2D eigenvalue weighted by Crippen LogP contribution is 1.97. The van der Waals surface area contributed by atoms with Gasteiger partial charge in [-0.3, -0.25) is 10.2 Å². The van der Waals surface area contributed by atoms with E-state index in [0.717, 1.165) is 6.08 Å². The molecular weight excluding hydrogens is 212 g/mol. The summed E-state index contributed by atoms with van der Waals surface area (Å²) in [5.74, 6) is -1.79. The van der Waals surface area contributed by atoms with Crippen molar-refractivity contribution in [2.24, 2.45) is 5.73 Å². The van der Waals surface area contributed by atoms with Gasteiger partial charge in [0.1, 0.15) is 6.04 Å². The van der Waals surface area contributed by atoms with Crippen LogP contribution in [-0.2, 0) is 9.59 Å². The summed E-state index contributed by atoms with van der Waals surface area (Å²) in [7, 11) is 0. The molecule has 1 atom stereocenters. The van der Waals surface area contributed by atoms with Crippen molar-refractivity contribution in [3.05, 3.63) is 12.7 Å². The number of carboxylic acid groups (broad SMARTS) is 1. The molecule has 1 unspecified atom stereocenters. The Hall–Kier alpha value is -2.05. The molecule has 0 aliphatic rings. The highest BCUT2D eigenvalue weighted by molar-refractivity contribution is 5.90. The van der Waals surface area contributed by atoms with Crippen LogP contribution in [-0.4, -0.2) is 35.5 Å². The summed E-state index contributed by atoms with van der Waals surface area (Å²) < 4.78 is 0. The number of rotatable bonds is 7. The Kier molecular flexibility index (Phi) is 6.34. The highest BCUT2D eigenvalue weighted by atomic mass is 16.4. The van der Waals surface area contributed by atoms with Crippen LogP contribution in [0.15, 0.2) is 12.7 Å². The lowest BCUT2D eigenvalue weighted by Gasteiger charge is -2.13. The number of amides is 1. The Balaban J connectivity index is 3.95. The molecule has 0 bridgehead atoms. The average Bonchev–Trinajstić information content (AvgIpc) is 2.21. The molecule has 0 aromatic heterocycles. The largest absolute Gasteiger partial charge is 0.480 e. The first kappa shape index (κ1) is 13.9. The first-order chi connectivity index (χ1) is 7.47. The molecule has 0 spiro atoms. The quantitative estimate of drug-likeness (QED) is 0.165. The molecule has 6 N–H and O–H groups in total. The van der Waals surface area contributed by atoms with Crippen molar-refractivity contribution >= 4 is 17.8 Å². The van der Waals surface area contributed by atoms with Gasteiger partial charge in [0.15, 0.2) is 5.96 Å². The van der Waals surface area contributed by atoms with Gasteiger partial charge >= 0.3 is 5.97 Å². The number of hydrogen-bond acceptors (Lipinski definition) is 3. The summed E-state index contributed by atoms with van der Waals surface area (Å²) in [5, 5.41) is 20.5. The Labute approximate surface area is 93.2 Å². The monoisotopic (exact) mass is 228 g/mol. The maximum absolute atomic E-state index is 10.9. The zero-order chi connectivity index (χ0) is 12.6. The lowest BCUT2D eigenvalue weighted by molar-refractivity contribution is -0.141. The highest BCUT2D eigenvalue weighted by Gasteiger charge is 2.17. The van der Waals surface area contributed by atoms with Crippen LogP contribution in [0.3, 0.4) is 0 Å². The fraction of sp³-hybridized carbons (Fsp3) is 0.444. The van der Waals surface area contributed by atoms with Crippen LogP contribution < -0.4 is 16.4 Å². The fourth-order valence-electron chi connectivity index (χ4n) is 1.02. The van der Waals surface area contributed by atoms with Crippen molar-refractivity contribution in [3.63, 3.8) is 0 Å². The van der Waals surface area contributed by atoms with Gasteiger partial charge in [-0.2, -0.15) is 0 Å². The Morgan fingerprint density at radius 2 is 2.19 bits per heavy atom. The number of aliphatic carboxylic acids is 1. The molecule has 0 saturated carbocycles. The molecule has 0 aromatic rings. The van der Waals surface area contributed by atoms with Crippen molar-refractivity contribution in [2.45, 2.75) is 18.9 Å². The van der Waals surface area contributed by atoms with Gasteiger partial charge in [-0.25, -0.2) is 4.79 Å². The molecule has 90 valence electrons. The van der Waals surface area contributed by atoms with Gasteiger partial charge in [0.2, 0.25) is 5.91 Å². The van der Waals surface area contributed by atoms with Gasteiger partial charge in [-0.15, -0.1) is 0 Å². The standard InChI is InChI=1S/C9H16N4O3/c1-2-7(14)13-6(8(15)16)4-3-5-12-9(10)11/h2,6H,1,3-5H2,(H,13,14)(H,15,16)(H4,10,11,12). The molecule has 0 fully saturated rings. The second-order valence-electron chi connectivity index (χ2n) is 3.09. The third-order valence-electron chi connectivity index (χ3n) is 1.79. The minimum atomic E-state index is -1.10. The number of hydrogen-bond donors (Lipinski definition) is 5. The average molecular weight is 228 g/mol. The Morgan fingerprint density at radius 1 is 1.56 bits per heavy atom. The van der Waals surface area contributed by atoms with Gasteiger partial charge in [-0.05, 0) is 18.9 Å². The normalized spacial score (nSPS) is 11.2. The second kappa shape index (κ2) is 7.27. The summed E-state index contributed by atoms with van der Waals surface area (Å²) in [6.07, 6.45) is 1.76. The van der Waals surface area contributed by atoms with E-state index in [1.54, 1.807) is 0 Å². The summed E-state index contributed by atoms with van der Waals surface area (Å²) in [6, 6.07) is -0.945. The summed E-state index contributed by atoms with van der Waals surface area (Å²) in [6.45, 7) is 3.62. The fourth-order valence-corrected chi connectivity index (χ4v) is 1.02. The molecule has 7 nitrogen and oxygen atoms in total. The Morgan fingerprint density at radius 3 is 2.62 bits per heavy atom. The Bertz CT molecular complexity index is 290. The van der Waals surface area contributed by atoms with Crippen molar-refractivity contribution in [3.8, 4) is 0 Å². The number of nitrogens with one attached hydrogen (secondary N) is 3. The SMILES string of the molecule is C=CC(=O)NC(CCCNC(=N)N)C(=O)O. The predicted octanol–water partition coefficient (Wildman–Crippen LogP) is -0.995. The second-order valence-corrected chi connectivity index (χ2v) is 3.09. The lowest BCUT2D eigenvalue weighted by atomic mass is 10.1. The van der Waals surface area contributed by atoms with E-state index < -0.39 is 17.9 Å². The van der Waals surface area contributed by atoms with Crippen molar-refractivity contribution < 1.29 is 14.7 Å². The van der Waals surface area contributed by atoms with Gasteiger partial charge in [0, 0.05) is 6.54 Å². The molecule has 0 saturated heterocycles. The van der Waals surface area contributed by atoms with E-state index in [0.29, 0.717) is 13.0 Å². The molecule has 0 radical (unpaired) electrons. The minimum absolute atomic E-state index is 0.165. The zero-order valence-electron chi connectivity index (χ0n) is 8.82. The molecule has 16 heavy (non-hydrogen) atoms. The lowest BCUT2D eigenvalue weighted by Crippen LogP contribution is -2.40. The van der Waals surface area contributed by atoms with Gasteiger partial charge < -0.3 is 21.5 Å². The first-order valence-corrected chi connectivity index (χ1v) is 4.71. The van der Waals surface area contributed by atoms with Crippen LogP contribution in [0.25, 0.3) is 0 Å². The van der Waals surface area contributed by atoms with Crippen molar-refractivity contribution in [1.29, 1.82) is 5.41 Å². The van der Waals surface area contributed by atoms with E-state index in [-0.39, 0.29) is 12.4 Å². The molecule has 1 amide bonds. The number of carbonyl (C=O) groups is 2. The molecule has 0 aliphatic carbocycles. The van der Waals surface area contributed by atoms with E-state index in [2.05, 4.69) is 17.2 Å². The summed E-state index contributed by atoms with van der Waals surface area (Å²) in [5.41, 5.74) is 5.04. The number of guanidine groups is 1. The van der Waals surface area contributed by atoms with Crippen LogP contribution in [0.4, 0.5) is 0 Å². The topological polar surface area (TPSA) is 128 Å².